The van der Waals surface area contributed by atoms with Crippen molar-refractivity contribution in [1.29, 1.82) is 0 Å². The summed E-state index contributed by atoms with van der Waals surface area (Å²) in [6.45, 7) is 1.65. The Morgan fingerprint density at radius 2 is 1.94 bits per heavy atom. The van der Waals surface area contributed by atoms with Crippen molar-refractivity contribution in [3.8, 4) is 11.5 Å². The van der Waals surface area contributed by atoms with Gasteiger partial charge in [-0.25, -0.2) is 5.01 Å². The van der Waals surface area contributed by atoms with E-state index in [2.05, 4.69) is 5.10 Å². The Kier molecular flexibility index (Phi) is 6.18. The molecule has 2 aromatic carbocycles. The predicted molar refractivity (Wildman–Crippen MR) is 116 cm³/mol. The molecule has 162 valence electrons. The summed E-state index contributed by atoms with van der Waals surface area (Å²) in [4.78, 5) is 26.6. The molecular weight excluding hydrogens is 398 g/mol. The molecule has 8 nitrogen and oxygen atoms in total. The zero-order chi connectivity index (χ0) is 21.8. The first-order valence-electron chi connectivity index (χ1n) is 10.2. The normalized spacial score (nSPS) is 16.3. The number of carbonyl (C=O) groups is 2. The number of methoxy groups -OCH3 is 2. The van der Waals surface area contributed by atoms with Crippen LogP contribution < -0.4 is 14.4 Å². The van der Waals surface area contributed by atoms with E-state index in [0.29, 0.717) is 37.6 Å². The monoisotopic (exact) mass is 423 g/mol. The molecule has 0 aliphatic carbocycles. The molecular formula is C23H25N3O5. The molecule has 0 saturated carbocycles. The molecule has 2 aliphatic heterocycles. The zero-order valence-electron chi connectivity index (χ0n) is 17.7. The molecule has 0 radical (unpaired) electrons. The minimum atomic E-state index is -0.0825. The average Bonchev–Trinajstić information content (AvgIpc) is 3.29. The fourth-order valence-corrected chi connectivity index (χ4v) is 3.75. The smallest absolute Gasteiger partial charge is 0.253 e. The number of ether oxygens (including phenoxy) is 3. The summed E-state index contributed by atoms with van der Waals surface area (Å²) in [5.41, 5.74) is 3.37. The Labute approximate surface area is 181 Å². The fraction of sp³-hybridized carbons (Fsp3) is 0.348. The Hall–Kier alpha value is -3.39. The van der Waals surface area contributed by atoms with Gasteiger partial charge in [0, 0.05) is 24.2 Å². The maximum atomic E-state index is 12.8. The largest absolute Gasteiger partial charge is 0.493 e. The van der Waals surface area contributed by atoms with Gasteiger partial charge < -0.3 is 19.1 Å². The van der Waals surface area contributed by atoms with Crippen LogP contribution in [0.3, 0.4) is 0 Å². The number of benzene rings is 2. The number of amides is 2. The summed E-state index contributed by atoms with van der Waals surface area (Å²) in [5.74, 6) is 1.12. The van der Waals surface area contributed by atoms with Gasteiger partial charge in [-0.2, -0.15) is 5.10 Å². The van der Waals surface area contributed by atoms with Crippen LogP contribution in [-0.2, 0) is 20.7 Å². The summed E-state index contributed by atoms with van der Waals surface area (Å²) < 4.78 is 15.8. The number of carbonyl (C=O) groups excluding carboxylic acids is 2. The molecule has 0 aromatic heterocycles. The number of anilines is 1. The van der Waals surface area contributed by atoms with E-state index in [4.69, 9.17) is 14.2 Å². The molecule has 2 heterocycles. The Bertz CT molecular complexity index is 1020. The Morgan fingerprint density at radius 1 is 1.10 bits per heavy atom. The average molecular weight is 423 g/mol. The number of hydrazone groups is 1. The summed E-state index contributed by atoms with van der Waals surface area (Å²) in [6, 6.07) is 13.1. The topological polar surface area (TPSA) is 80.7 Å². The molecule has 0 unspecified atom stereocenters. The number of rotatable bonds is 6. The second kappa shape index (κ2) is 9.18. The molecule has 1 saturated heterocycles. The van der Waals surface area contributed by atoms with E-state index in [0.717, 1.165) is 22.5 Å². The van der Waals surface area contributed by atoms with Crippen LogP contribution in [0, 0.1) is 0 Å². The van der Waals surface area contributed by atoms with Crippen LogP contribution in [0.5, 0.6) is 11.5 Å². The number of morpholine rings is 1. The molecule has 4 rings (SSSR count). The van der Waals surface area contributed by atoms with E-state index in [-0.39, 0.29) is 24.8 Å². The minimum absolute atomic E-state index is 0.0709. The highest BCUT2D eigenvalue weighted by Crippen LogP contribution is 2.29. The van der Waals surface area contributed by atoms with Crippen molar-refractivity contribution in [2.45, 2.75) is 12.8 Å². The van der Waals surface area contributed by atoms with Crippen molar-refractivity contribution in [2.24, 2.45) is 5.10 Å². The molecule has 2 aromatic rings. The molecule has 2 aliphatic rings. The molecule has 31 heavy (non-hydrogen) atoms. The molecule has 1 fully saturated rings. The van der Waals surface area contributed by atoms with Gasteiger partial charge in [0.1, 0.15) is 6.61 Å². The third-order valence-electron chi connectivity index (χ3n) is 5.37. The standard InChI is InChI=1S/C23H25N3O5/c1-29-20-7-6-17(14-21(20)30-2)19-8-9-26(24-19)22(27)13-16-4-3-5-18(12-16)25-10-11-31-15-23(25)28/h3-7,12,14H,8-11,13,15H2,1-2H3. The van der Waals surface area contributed by atoms with Gasteiger partial charge in [-0.15, -0.1) is 0 Å². The van der Waals surface area contributed by atoms with Crippen molar-refractivity contribution in [1.82, 2.24) is 5.01 Å². The van der Waals surface area contributed by atoms with Gasteiger partial charge in [0.25, 0.3) is 5.91 Å². The Balaban J connectivity index is 1.46. The first-order chi connectivity index (χ1) is 15.1. The molecule has 0 spiro atoms. The molecule has 2 amide bonds. The number of hydrogen-bond acceptors (Lipinski definition) is 6. The van der Waals surface area contributed by atoms with Crippen LogP contribution in [0.25, 0.3) is 0 Å². The minimum Gasteiger partial charge on any atom is -0.493 e. The maximum absolute atomic E-state index is 12.8. The summed E-state index contributed by atoms with van der Waals surface area (Å²) in [7, 11) is 3.18. The van der Waals surface area contributed by atoms with E-state index < -0.39 is 0 Å². The van der Waals surface area contributed by atoms with Gasteiger partial charge in [-0.1, -0.05) is 12.1 Å². The first-order valence-corrected chi connectivity index (χ1v) is 10.2. The highest BCUT2D eigenvalue weighted by Gasteiger charge is 2.24. The van der Waals surface area contributed by atoms with Crippen LogP contribution in [0.4, 0.5) is 5.69 Å². The van der Waals surface area contributed by atoms with Crippen LogP contribution in [0.2, 0.25) is 0 Å². The van der Waals surface area contributed by atoms with Crippen LogP contribution in [0.15, 0.2) is 47.6 Å². The van der Waals surface area contributed by atoms with Gasteiger partial charge in [-0.05, 0) is 35.9 Å². The maximum Gasteiger partial charge on any atom is 0.253 e. The molecule has 0 N–H and O–H groups in total. The van der Waals surface area contributed by atoms with Crippen molar-refractivity contribution in [2.75, 3.05) is 45.4 Å². The SMILES string of the molecule is COc1ccc(C2=NN(C(=O)Cc3cccc(N4CCOCC4=O)c3)CC2)cc1OC. The number of nitrogens with zero attached hydrogens (tertiary/aromatic N) is 3. The van der Waals surface area contributed by atoms with Crippen LogP contribution in [-0.4, -0.2) is 63.1 Å². The summed E-state index contributed by atoms with van der Waals surface area (Å²) >= 11 is 0. The highest BCUT2D eigenvalue weighted by atomic mass is 16.5. The lowest BCUT2D eigenvalue weighted by Gasteiger charge is -2.27. The quantitative estimate of drug-likeness (QED) is 0.712. The lowest BCUT2D eigenvalue weighted by molar-refractivity contribution is -0.130. The zero-order valence-corrected chi connectivity index (χ0v) is 17.7. The van der Waals surface area contributed by atoms with Gasteiger partial charge in [0.05, 0.1) is 39.5 Å². The van der Waals surface area contributed by atoms with Gasteiger partial charge >= 0.3 is 0 Å². The molecule has 8 heteroatoms. The van der Waals surface area contributed by atoms with E-state index in [1.54, 1.807) is 19.1 Å². The third-order valence-corrected chi connectivity index (χ3v) is 5.37. The van der Waals surface area contributed by atoms with Crippen molar-refractivity contribution >= 4 is 23.2 Å². The molecule has 0 atom stereocenters. The second-order valence-corrected chi connectivity index (χ2v) is 7.33. The van der Waals surface area contributed by atoms with Crippen molar-refractivity contribution in [3.05, 3.63) is 53.6 Å². The van der Waals surface area contributed by atoms with Crippen molar-refractivity contribution in [3.63, 3.8) is 0 Å². The van der Waals surface area contributed by atoms with Gasteiger partial charge in [0.15, 0.2) is 11.5 Å². The van der Waals surface area contributed by atoms with Gasteiger partial charge in [-0.3, -0.25) is 9.59 Å². The first kappa shape index (κ1) is 20.9. The lowest BCUT2D eigenvalue weighted by Crippen LogP contribution is -2.41. The van der Waals surface area contributed by atoms with E-state index in [9.17, 15) is 9.59 Å². The van der Waals surface area contributed by atoms with E-state index in [1.165, 1.54) is 5.01 Å². The van der Waals surface area contributed by atoms with E-state index in [1.807, 2.05) is 42.5 Å². The van der Waals surface area contributed by atoms with Gasteiger partial charge in [0.2, 0.25) is 5.91 Å². The second-order valence-electron chi connectivity index (χ2n) is 7.33. The number of hydrogen-bond donors (Lipinski definition) is 0. The lowest BCUT2D eigenvalue weighted by atomic mass is 10.1. The van der Waals surface area contributed by atoms with Crippen LogP contribution in [0.1, 0.15) is 17.5 Å². The van der Waals surface area contributed by atoms with Crippen LogP contribution >= 0.6 is 0 Å². The van der Waals surface area contributed by atoms with Crippen molar-refractivity contribution < 1.29 is 23.8 Å². The van der Waals surface area contributed by atoms with E-state index >= 15 is 0 Å². The summed E-state index contributed by atoms with van der Waals surface area (Å²) in [5, 5.41) is 6.05. The molecule has 0 bridgehead atoms. The third kappa shape index (κ3) is 4.54. The Morgan fingerprint density at radius 3 is 2.71 bits per heavy atom. The summed E-state index contributed by atoms with van der Waals surface area (Å²) in [6.07, 6.45) is 0.888. The fourth-order valence-electron chi connectivity index (χ4n) is 3.75. The predicted octanol–water partition coefficient (Wildman–Crippen LogP) is 2.25. The highest BCUT2D eigenvalue weighted by molar-refractivity contribution is 6.03.